The number of piperidine rings is 1. The van der Waals surface area contributed by atoms with Gasteiger partial charge in [-0.3, -0.25) is 0 Å². The second-order valence-electron chi connectivity index (χ2n) is 5.38. The first-order chi connectivity index (χ1) is 8.78. The van der Waals surface area contributed by atoms with Crippen molar-refractivity contribution in [1.29, 1.82) is 0 Å². The van der Waals surface area contributed by atoms with Crippen LogP contribution in [0.25, 0.3) is 0 Å². The maximum Gasteiger partial charge on any atom is 0.128 e. The molecule has 0 aromatic carbocycles. The maximum absolute atomic E-state index is 10.6. The van der Waals surface area contributed by atoms with Crippen LogP contribution in [-0.4, -0.2) is 36.3 Å². The number of aromatic nitrogens is 1. The zero-order valence-electron chi connectivity index (χ0n) is 10.7. The van der Waals surface area contributed by atoms with E-state index < -0.39 is 5.60 Å². The molecule has 3 heterocycles. The number of hydrogen-bond acceptors (Lipinski definition) is 4. The molecule has 18 heavy (non-hydrogen) atoms. The number of anilines is 1. The Hall–Kier alpha value is -1.13. The van der Waals surface area contributed by atoms with Crippen LogP contribution >= 0.6 is 0 Å². The minimum absolute atomic E-state index is 0.679. The van der Waals surface area contributed by atoms with E-state index >= 15 is 0 Å². The Morgan fingerprint density at radius 2 is 1.89 bits per heavy atom. The van der Waals surface area contributed by atoms with Crippen LogP contribution in [0.1, 0.15) is 31.2 Å². The molecule has 0 bridgehead atoms. The Morgan fingerprint density at radius 1 is 1.17 bits per heavy atom. The lowest BCUT2D eigenvalue weighted by molar-refractivity contribution is 0.00565. The highest BCUT2D eigenvalue weighted by Gasteiger charge is 2.31. The summed E-state index contributed by atoms with van der Waals surface area (Å²) in [5, 5.41) is 13.9. The molecule has 98 valence electrons. The number of hydrogen-bond donors (Lipinski definition) is 2. The molecular formula is C14H21N3O. The maximum atomic E-state index is 10.6. The molecule has 0 spiro atoms. The van der Waals surface area contributed by atoms with Gasteiger partial charge in [0, 0.05) is 24.8 Å². The van der Waals surface area contributed by atoms with Crippen molar-refractivity contribution in [1.82, 2.24) is 10.3 Å². The molecule has 0 aliphatic carbocycles. The van der Waals surface area contributed by atoms with Crippen molar-refractivity contribution < 1.29 is 5.11 Å². The van der Waals surface area contributed by atoms with Crippen molar-refractivity contribution in [3.63, 3.8) is 0 Å². The second kappa shape index (κ2) is 4.86. The van der Waals surface area contributed by atoms with Gasteiger partial charge in [-0.25, -0.2) is 4.98 Å². The fourth-order valence-electron chi connectivity index (χ4n) is 2.92. The molecule has 2 aliphatic heterocycles. The number of pyridine rings is 1. The van der Waals surface area contributed by atoms with Crippen molar-refractivity contribution in [3.05, 3.63) is 23.9 Å². The Balaban J connectivity index is 1.77. The van der Waals surface area contributed by atoms with Gasteiger partial charge in [-0.2, -0.15) is 0 Å². The Labute approximate surface area is 108 Å². The normalized spacial score (nSPS) is 23.3. The summed E-state index contributed by atoms with van der Waals surface area (Å²) in [4.78, 5) is 6.84. The Morgan fingerprint density at radius 3 is 2.50 bits per heavy atom. The predicted octanol–water partition coefficient (Wildman–Crippen LogP) is 1.25. The molecule has 4 heteroatoms. The summed E-state index contributed by atoms with van der Waals surface area (Å²) in [6.45, 7) is 3.98. The van der Waals surface area contributed by atoms with Crippen LogP contribution in [0, 0.1) is 0 Å². The molecule has 2 N–H and O–H groups in total. The average Bonchev–Trinajstić information content (AvgIpc) is 2.94. The average molecular weight is 247 g/mol. The van der Waals surface area contributed by atoms with Gasteiger partial charge >= 0.3 is 0 Å². The summed E-state index contributed by atoms with van der Waals surface area (Å²) in [5.74, 6) is 1.05. The van der Waals surface area contributed by atoms with Gasteiger partial charge < -0.3 is 15.3 Å². The first-order valence-corrected chi connectivity index (χ1v) is 6.93. The molecule has 3 rings (SSSR count). The van der Waals surface area contributed by atoms with E-state index in [1.807, 2.05) is 12.3 Å². The third kappa shape index (κ3) is 2.22. The lowest BCUT2D eigenvalue weighted by atomic mass is 9.86. The van der Waals surface area contributed by atoms with E-state index in [9.17, 15) is 5.11 Å². The van der Waals surface area contributed by atoms with Crippen LogP contribution < -0.4 is 10.2 Å². The van der Waals surface area contributed by atoms with E-state index in [1.54, 1.807) is 0 Å². The highest BCUT2D eigenvalue weighted by Crippen LogP contribution is 2.30. The van der Waals surface area contributed by atoms with Crippen LogP contribution in [0.15, 0.2) is 18.3 Å². The van der Waals surface area contributed by atoms with E-state index in [0.717, 1.165) is 50.4 Å². The van der Waals surface area contributed by atoms with Crippen molar-refractivity contribution in [3.8, 4) is 0 Å². The lowest BCUT2D eigenvalue weighted by Crippen LogP contribution is -2.39. The van der Waals surface area contributed by atoms with Crippen molar-refractivity contribution in [2.75, 3.05) is 31.1 Å². The fraction of sp³-hybridized carbons (Fsp3) is 0.643. The second-order valence-corrected chi connectivity index (χ2v) is 5.38. The van der Waals surface area contributed by atoms with Crippen LogP contribution in [0.4, 0.5) is 5.82 Å². The van der Waals surface area contributed by atoms with E-state index in [2.05, 4.69) is 21.3 Å². The van der Waals surface area contributed by atoms with Gasteiger partial charge in [0.15, 0.2) is 0 Å². The number of nitrogens with one attached hydrogen (secondary N) is 1. The van der Waals surface area contributed by atoms with E-state index in [0.29, 0.717) is 0 Å². The lowest BCUT2D eigenvalue weighted by Gasteiger charge is -2.33. The first kappa shape index (κ1) is 11.9. The zero-order chi connectivity index (χ0) is 12.4. The van der Waals surface area contributed by atoms with Crippen LogP contribution in [0.3, 0.4) is 0 Å². The summed E-state index contributed by atoms with van der Waals surface area (Å²) in [7, 11) is 0. The highest BCUT2D eigenvalue weighted by atomic mass is 16.3. The molecule has 2 saturated heterocycles. The quantitative estimate of drug-likeness (QED) is 0.826. The number of aliphatic hydroxyl groups is 1. The molecule has 0 radical (unpaired) electrons. The molecule has 2 fully saturated rings. The van der Waals surface area contributed by atoms with E-state index in [1.165, 1.54) is 12.8 Å². The standard InChI is InChI=1S/C14H21N3O/c18-14(5-7-15-8-6-14)12-3-4-13(16-11-12)17-9-1-2-10-17/h3-4,11,15,18H,1-2,5-10H2. The van der Waals surface area contributed by atoms with Crippen LogP contribution in [0.5, 0.6) is 0 Å². The van der Waals surface area contributed by atoms with Gasteiger partial charge in [-0.1, -0.05) is 6.07 Å². The Bertz CT molecular complexity index is 392. The molecule has 0 saturated carbocycles. The minimum Gasteiger partial charge on any atom is -0.385 e. The minimum atomic E-state index is -0.679. The molecule has 4 nitrogen and oxygen atoms in total. The summed E-state index contributed by atoms with van der Waals surface area (Å²) in [6, 6.07) is 4.10. The third-order valence-corrected chi connectivity index (χ3v) is 4.15. The molecule has 0 unspecified atom stereocenters. The summed E-state index contributed by atoms with van der Waals surface area (Å²) in [5.41, 5.74) is 0.286. The molecule has 2 aliphatic rings. The van der Waals surface area contributed by atoms with Gasteiger partial charge in [0.2, 0.25) is 0 Å². The number of nitrogens with zero attached hydrogens (tertiary/aromatic N) is 2. The third-order valence-electron chi connectivity index (χ3n) is 4.15. The van der Waals surface area contributed by atoms with Crippen molar-refractivity contribution in [2.24, 2.45) is 0 Å². The fourth-order valence-corrected chi connectivity index (χ4v) is 2.92. The number of rotatable bonds is 2. The summed E-state index contributed by atoms with van der Waals surface area (Å²) in [6.07, 6.45) is 5.94. The molecule has 0 atom stereocenters. The van der Waals surface area contributed by atoms with Gasteiger partial charge in [-0.05, 0) is 44.8 Å². The van der Waals surface area contributed by atoms with E-state index in [4.69, 9.17) is 0 Å². The van der Waals surface area contributed by atoms with Gasteiger partial charge in [0.25, 0.3) is 0 Å². The van der Waals surface area contributed by atoms with Gasteiger partial charge in [0.05, 0.1) is 5.60 Å². The topological polar surface area (TPSA) is 48.4 Å². The summed E-state index contributed by atoms with van der Waals surface area (Å²) < 4.78 is 0. The van der Waals surface area contributed by atoms with Crippen molar-refractivity contribution >= 4 is 5.82 Å². The molecule has 0 amide bonds. The first-order valence-electron chi connectivity index (χ1n) is 6.93. The molecular weight excluding hydrogens is 226 g/mol. The Kier molecular flexibility index (Phi) is 3.22. The molecule has 1 aromatic rings. The SMILES string of the molecule is OC1(c2ccc(N3CCCC3)nc2)CCNCC1. The predicted molar refractivity (Wildman–Crippen MR) is 71.7 cm³/mol. The largest absolute Gasteiger partial charge is 0.385 e. The van der Waals surface area contributed by atoms with E-state index in [-0.39, 0.29) is 0 Å². The zero-order valence-corrected chi connectivity index (χ0v) is 10.7. The van der Waals surface area contributed by atoms with Gasteiger partial charge in [0.1, 0.15) is 5.82 Å². The van der Waals surface area contributed by atoms with Crippen LogP contribution in [-0.2, 0) is 5.60 Å². The summed E-state index contributed by atoms with van der Waals surface area (Å²) >= 11 is 0. The van der Waals surface area contributed by atoms with Crippen molar-refractivity contribution in [2.45, 2.75) is 31.3 Å². The van der Waals surface area contributed by atoms with Crippen LogP contribution in [0.2, 0.25) is 0 Å². The monoisotopic (exact) mass is 247 g/mol. The highest BCUT2D eigenvalue weighted by molar-refractivity contribution is 5.41. The van der Waals surface area contributed by atoms with Gasteiger partial charge in [-0.15, -0.1) is 0 Å². The molecule has 1 aromatic heterocycles. The smallest absolute Gasteiger partial charge is 0.128 e.